The van der Waals surface area contributed by atoms with Gasteiger partial charge in [0.15, 0.2) is 0 Å². The van der Waals surface area contributed by atoms with E-state index in [1.807, 2.05) is 17.0 Å². The van der Waals surface area contributed by atoms with Crippen LogP contribution < -0.4 is 4.90 Å². The molecule has 1 aromatic carbocycles. The van der Waals surface area contributed by atoms with Gasteiger partial charge < -0.3 is 4.90 Å². The molecule has 0 bridgehead atoms. The Morgan fingerprint density at radius 1 is 1.10 bits per heavy atom. The average Bonchev–Trinajstić information content (AvgIpc) is 3.22. The molecule has 0 spiro atoms. The standard InChI is InChI=1S/C25H29N3OS/c1-5-25(6-2)12-9-23(29)28(17(3)4)22-8-7-19(15-20(22)25)21-16-30-24(27-21)18-10-13-26-14-11-18/h7-8,10-11,13-17H,5-6,9,12H2,1-4H3. The maximum absolute atomic E-state index is 13.0. The Bertz CT molecular complexity index is 1040. The molecular formula is C25H29N3OS. The molecule has 5 heteroatoms. The third kappa shape index (κ3) is 3.56. The molecule has 0 N–H and O–H groups in total. The molecule has 1 aliphatic rings. The number of nitrogens with zero attached hydrogens (tertiary/aromatic N) is 3. The Labute approximate surface area is 183 Å². The minimum absolute atomic E-state index is 0.0224. The molecule has 4 nitrogen and oxygen atoms in total. The summed E-state index contributed by atoms with van der Waals surface area (Å²) >= 11 is 1.65. The van der Waals surface area contributed by atoms with E-state index in [2.05, 4.69) is 56.3 Å². The molecule has 30 heavy (non-hydrogen) atoms. The number of anilines is 1. The van der Waals surface area contributed by atoms with Gasteiger partial charge in [-0.25, -0.2) is 4.98 Å². The Morgan fingerprint density at radius 3 is 2.50 bits per heavy atom. The predicted octanol–water partition coefficient (Wildman–Crippen LogP) is 6.47. The highest BCUT2D eigenvalue weighted by atomic mass is 32.1. The zero-order chi connectivity index (χ0) is 21.3. The number of thiazole rings is 1. The van der Waals surface area contributed by atoms with Crippen molar-refractivity contribution in [2.24, 2.45) is 0 Å². The number of rotatable bonds is 5. The molecular weight excluding hydrogens is 390 g/mol. The van der Waals surface area contributed by atoms with E-state index in [4.69, 9.17) is 4.98 Å². The van der Waals surface area contributed by atoms with Gasteiger partial charge in [-0.05, 0) is 68.4 Å². The zero-order valence-corrected chi connectivity index (χ0v) is 19.0. The third-order valence-electron chi connectivity index (χ3n) is 6.51. The summed E-state index contributed by atoms with van der Waals surface area (Å²) in [6.45, 7) is 8.70. The van der Waals surface area contributed by atoms with Gasteiger partial charge in [-0.1, -0.05) is 19.9 Å². The molecule has 3 aromatic rings. The van der Waals surface area contributed by atoms with Crippen molar-refractivity contribution in [3.05, 3.63) is 53.7 Å². The van der Waals surface area contributed by atoms with E-state index in [1.54, 1.807) is 23.7 Å². The fourth-order valence-corrected chi connectivity index (χ4v) is 5.49. The van der Waals surface area contributed by atoms with Gasteiger partial charge >= 0.3 is 0 Å². The number of hydrogen-bond acceptors (Lipinski definition) is 4. The van der Waals surface area contributed by atoms with E-state index in [0.717, 1.165) is 46.8 Å². The monoisotopic (exact) mass is 419 g/mol. The number of amides is 1. The van der Waals surface area contributed by atoms with E-state index < -0.39 is 0 Å². The molecule has 1 aliphatic heterocycles. The smallest absolute Gasteiger partial charge is 0.227 e. The van der Waals surface area contributed by atoms with Gasteiger partial charge in [0.1, 0.15) is 5.01 Å². The highest BCUT2D eigenvalue weighted by molar-refractivity contribution is 7.13. The van der Waals surface area contributed by atoms with Crippen LogP contribution in [0.1, 0.15) is 58.9 Å². The second kappa shape index (κ2) is 8.31. The number of pyridine rings is 1. The van der Waals surface area contributed by atoms with Crippen molar-refractivity contribution in [1.82, 2.24) is 9.97 Å². The van der Waals surface area contributed by atoms with Gasteiger partial charge in [0, 0.05) is 47.1 Å². The fraction of sp³-hybridized carbons (Fsp3) is 0.400. The van der Waals surface area contributed by atoms with Crippen LogP contribution in [0.4, 0.5) is 5.69 Å². The summed E-state index contributed by atoms with van der Waals surface area (Å²) in [7, 11) is 0. The first-order valence-electron chi connectivity index (χ1n) is 10.8. The van der Waals surface area contributed by atoms with Gasteiger partial charge in [0.05, 0.1) is 5.69 Å². The normalized spacial score (nSPS) is 15.9. The minimum Gasteiger partial charge on any atom is -0.310 e. The van der Waals surface area contributed by atoms with Crippen LogP contribution in [0.5, 0.6) is 0 Å². The average molecular weight is 420 g/mol. The lowest BCUT2D eigenvalue weighted by Crippen LogP contribution is -2.36. The lowest BCUT2D eigenvalue weighted by Gasteiger charge is -2.34. The van der Waals surface area contributed by atoms with Gasteiger partial charge in [-0.2, -0.15) is 0 Å². The van der Waals surface area contributed by atoms with Crippen molar-refractivity contribution in [3.63, 3.8) is 0 Å². The molecule has 0 aliphatic carbocycles. The summed E-state index contributed by atoms with van der Waals surface area (Å²) in [5, 5.41) is 3.12. The summed E-state index contributed by atoms with van der Waals surface area (Å²) < 4.78 is 0. The second-order valence-corrected chi connectivity index (χ2v) is 9.21. The van der Waals surface area contributed by atoms with Crippen LogP contribution in [0.2, 0.25) is 0 Å². The first kappa shape index (κ1) is 20.7. The maximum Gasteiger partial charge on any atom is 0.227 e. The van der Waals surface area contributed by atoms with Crippen LogP contribution in [-0.4, -0.2) is 21.9 Å². The topological polar surface area (TPSA) is 46.1 Å². The highest BCUT2D eigenvalue weighted by Crippen LogP contribution is 2.46. The minimum atomic E-state index is 0.0224. The number of fused-ring (bicyclic) bond motifs is 1. The predicted molar refractivity (Wildman–Crippen MR) is 125 cm³/mol. The van der Waals surface area contributed by atoms with Gasteiger partial charge in [0.2, 0.25) is 5.91 Å². The second-order valence-electron chi connectivity index (χ2n) is 8.35. The van der Waals surface area contributed by atoms with E-state index in [-0.39, 0.29) is 17.4 Å². The van der Waals surface area contributed by atoms with Gasteiger partial charge in [0.25, 0.3) is 0 Å². The lowest BCUT2D eigenvalue weighted by atomic mass is 9.72. The Morgan fingerprint density at radius 2 is 1.83 bits per heavy atom. The quantitative estimate of drug-likeness (QED) is 0.476. The Kier molecular flexibility index (Phi) is 5.74. The van der Waals surface area contributed by atoms with Crippen LogP contribution in [0.3, 0.4) is 0 Å². The number of hydrogen-bond donors (Lipinski definition) is 0. The van der Waals surface area contributed by atoms with Crippen LogP contribution in [-0.2, 0) is 10.2 Å². The summed E-state index contributed by atoms with van der Waals surface area (Å²) in [6.07, 6.45) is 7.15. The summed E-state index contributed by atoms with van der Waals surface area (Å²) in [4.78, 5) is 24.0. The van der Waals surface area contributed by atoms with Crippen LogP contribution in [0.15, 0.2) is 48.1 Å². The van der Waals surface area contributed by atoms with Crippen molar-refractivity contribution in [2.45, 2.75) is 64.8 Å². The number of benzene rings is 1. The molecule has 156 valence electrons. The fourth-order valence-electron chi connectivity index (χ4n) is 4.65. The van der Waals surface area contributed by atoms with Crippen molar-refractivity contribution < 1.29 is 4.79 Å². The summed E-state index contributed by atoms with van der Waals surface area (Å²) in [5.41, 5.74) is 5.59. The van der Waals surface area contributed by atoms with Gasteiger partial charge in [-0.3, -0.25) is 9.78 Å². The van der Waals surface area contributed by atoms with Crippen molar-refractivity contribution >= 4 is 22.9 Å². The van der Waals surface area contributed by atoms with Gasteiger partial charge in [-0.15, -0.1) is 11.3 Å². The molecule has 2 aromatic heterocycles. The maximum atomic E-state index is 13.0. The lowest BCUT2D eigenvalue weighted by molar-refractivity contribution is -0.119. The van der Waals surface area contributed by atoms with E-state index in [0.29, 0.717) is 6.42 Å². The van der Waals surface area contributed by atoms with E-state index in [9.17, 15) is 4.79 Å². The van der Waals surface area contributed by atoms with Crippen LogP contribution in [0.25, 0.3) is 21.8 Å². The molecule has 0 radical (unpaired) electrons. The molecule has 0 saturated heterocycles. The van der Waals surface area contributed by atoms with Crippen LogP contribution in [0, 0.1) is 0 Å². The number of carbonyl (C=O) groups is 1. The third-order valence-corrected chi connectivity index (χ3v) is 7.40. The van der Waals surface area contributed by atoms with E-state index >= 15 is 0 Å². The summed E-state index contributed by atoms with van der Waals surface area (Å²) in [6, 6.07) is 10.7. The highest BCUT2D eigenvalue weighted by Gasteiger charge is 2.38. The van der Waals surface area contributed by atoms with Crippen molar-refractivity contribution in [2.75, 3.05) is 4.90 Å². The molecule has 0 atom stereocenters. The summed E-state index contributed by atoms with van der Waals surface area (Å²) in [5.74, 6) is 0.233. The molecule has 0 saturated carbocycles. The molecule has 3 heterocycles. The number of carbonyl (C=O) groups excluding carboxylic acids is 1. The first-order chi connectivity index (χ1) is 14.5. The first-order valence-corrected chi connectivity index (χ1v) is 11.7. The molecule has 4 rings (SSSR count). The number of aromatic nitrogens is 2. The van der Waals surface area contributed by atoms with E-state index in [1.165, 1.54) is 5.56 Å². The largest absolute Gasteiger partial charge is 0.310 e. The SMILES string of the molecule is CCC1(CC)CCC(=O)N(C(C)C)c2ccc(-c3csc(-c4ccncc4)n3)cc21. The van der Waals surface area contributed by atoms with Crippen molar-refractivity contribution in [1.29, 1.82) is 0 Å². The molecule has 1 amide bonds. The van der Waals surface area contributed by atoms with Crippen LogP contribution >= 0.6 is 11.3 Å². The zero-order valence-electron chi connectivity index (χ0n) is 18.2. The Balaban J connectivity index is 1.83. The molecule has 0 fully saturated rings. The van der Waals surface area contributed by atoms with Crippen molar-refractivity contribution in [3.8, 4) is 21.8 Å². The Hall–Kier alpha value is -2.53. The molecule has 0 unspecified atom stereocenters.